The van der Waals surface area contributed by atoms with Crippen LogP contribution in [0.5, 0.6) is 0 Å². The van der Waals surface area contributed by atoms with E-state index in [4.69, 9.17) is 0 Å². The Balaban J connectivity index is 1.68. The average molecular weight is 300 g/mol. The Labute approximate surface area is 127 Å². The largest absolute Gasteiger partial charge is 0.383 e. The van der Waals surface area contributed by atoms with E-state index in [1.807, 2.05) is 12.1 Å². The Hall–Kier alpha value is -2.40. The number of benzene rings is 1. The van der Waals surface area contributed by atoms with Crippen molar-refractivity contribution in [2.45, 2.75) is 12.0 Å². The van der Waals surface area contributed by atoms with Gasteiger partial charge < -0.3 is 15.0 Å². The summed E-state index contributed by atoms with van der Waals surface area (Å²) < 4.78 is 13.0. The Kier molecular flexibility index (Phi) is 3.81. The Morgan fingerprint density at radius 3 is 2.77 bits per heavy atom. The predicted octanol–water partition coefficient (Wildman–Crippen LogP) is 2.29. The first kappa shape index (κ1) is 14.5. The number of hydrogen-bond acceptors (Lipinski definition) is 2. The summed E-state index contributed by atoms with van der Waals surface area (Å²) in [5.74, 6) is -0.486. The number of H-pyrrole nitrogens is 1. The Morgan fingerprint density at radius 2 is 2.09 bits per heavy atom. The monoisotopic (exact) mass is 300 g/mol. The molecule has 4 nitrogen and oxygen atoms in total. The van der Waals surface area contributed by atoms with Crippen molar-refractivity contribution in [3.8, 4) is 0 Å². The summed E-state index contributed by atoms with van der Waals surface area (Å²) in [6.45, 7) is 0.689. The topological polar surface area (TPSA) is 56.3 Å². The van der Waals surface area contributed by atoms with E-state index in [1.54, 1.807) is 29.3 Å². The smallest absolute Gasteiger partial charge is 0.246 e. The quantitative estimate of drug-likeness (QED) is 0.855. The van der Waals surface area contributed by atoms with Gasteiger partial charge in [-0.2, -0.15) is 0 Å². The third-order valence-corrected chi connectivity index (χ3v) is 3.97. The second kappa shape index (κ2) is 5.77. The molecule has 0 spiro atoms. The molecule has 1 aromatic carbocycles. The van der Waals surface area contributed by atoms with Crippen LogP contribution in [0.4, 0.5) is 4.39 Å². The summed E-state index contributed by atoms with van der Waals surface area (Å²) in [5.41, 5.74) is 0.378. The van der Waals surface area contributed by atoms with Gasteiger partial charge in [-0.3, -0.25) is 4.79 Å². The highest BCUT2D eigenvalue weighted by Gasteiger charge is 2.39. The summed E-state index contributed by atoms with van der Waals surface area (Å²) in [4.78, 5) is 16.8. The summed E-state index contributed by atoms with van der Waals surface area (Å²) >= 11 is 0. The number of nitrogens with one attached hydrogen (secondary N) is 1. The molecule has 1 atom stereocenters. The summed E-state index contributed by atoms with van der Waals surface area (Å²) in [6.07, 6.45) is 5.42. The second-order valence-electron chi connectivity index (χ2n) is 5.51. The van der Waals surface area contributed by atoms with E-state index in [2.05, 4.69) is 4.98 Å². The molecule has 2 aromatic rings. The molecule has 5 heteroatoms. The zero-order valence-electron chi connectivity index (χ0n) is 12.0. The number of rotatable bonds is 3. The molecule has 0 saturated carbocycles. The molecule has 1 amide bonds. The van der Waals surface area contributed by atoms with E-state index in [9.17, 15) is 14.3 Å². The van der Waals surface area contributed by atoms with Crippen LogP contribution in [-0.2, 0) is 10.4 Å². The molecule has 1 aliphatic heterocycles. The molecule has 22 heavy (non-hydrogen) atoms. The molecule has 1 fully saturated rings. The number of hydrogen-bond donors (Lipinski definition) is 2. The SMILES string of the molecule is O=C(/C=C/c1ccc[nH]1)N1CCC(O)(c2ccc(F)cc2)C1. The molecule has 2 heterocycles. The maximum atomic E-state index is 13.0. The molecule has 1 saturated heterocycles. The number of aromatic amines is 1. The minimum absolute atomic E-state index is 0.146. The zero-order chi connectivity index (χ0) is 15.6. The van der Waals surface area contributed by atoms with E-state index in [0.29, 0.717) is 18.5 Å². The van der Waals surface area contributed by atoms with Crippen LogP contribution in [0.25, 0.3) is 6.08 Å². The van der Waals surface area contributed by atoms with Crippen LogP contribution in [0.2, 0.25) is 0 Å². The van der Waals surface area contributed by atoms with E-state index in [0.717, 1.165) is 5.69 Å². The normalized spacial score (nSPS) is 21.6. The highest BCUT2D eigenvalue weighted by atomic mass is 19.1. The van der Waals surface area contributed by atoms with Crippen molar-refractivity contribution < 1.29 is 14.3 Å². The number of carbonyl (C=O) groups excluding carboxylic acids is 1. The van der Waals surface area contributed by atoms with Gasteiger partial charge in [0.25, 0.3) is 0 Å². The average Bonchev–Trinajstić information content (AvgIpc) is 3.16. The molecular formula is C17H17FN2O2. The lowest BCUT2D eigenvalue weighted by Crippen LogP contribution is -2.33. The number of halogens is 1. The number of β-amino-alcohol motifs (C(OH)–C–C–N with tert-alkyl or cyclic N) is 1. The lowest BCUT2D eigenvalue weighted by molar-refractivity contribution is -0.126. The van der Waals surface area contributed by atoms with E-state index in [1.165, 1.54) is 18.2 Å². The van der Waals surface area contributed by atoms with Crippen molar-refractivity contribution in [3.05, 3.63) is 65.7 Å². The minimum atomic E-state index is -1.11. The van der Waals surface area contributed by atoms with Gasteiger partial charge in [0, 0.05) is 24.5 Å². The van der Waals surface area contributed by atoms with Crippen LogP contribution in [0.3, 0.4) is 0 Å². The first-order valence-corrected chi connectivity index (χ1v) is 7.16. The molecular weight excluding hydrogens is 283 g/mol. The standard InChI is InChI=1S/C17H17FN2O2/c18-14-5-3-13(4-6-14)17(22)9-11-20(12-17)16(21)8-7-15-2-1-10-19-15/h1-8,10,19,22H,9,11-12H2/b8-7+. The van der Waals surface area contributed by atoms with Crippen molar-refractivity contribution in [1.82, 2.24) is 9.88 Å². The van der Waals surface area contributed by atoms with Gasteiger partial charge in [0.1, 0.15) is 11.4 Å². The molecule has 0 bridgehead atoms. The first-order chi connectivity index (χ1) is 10.6. The van der Waals surface area contributed by atoms with Gasteiger partial charge in [-0.05, 0) is 42.3 Å². The first-order valence-electron chi connectivity index (χ1n) is 7.16. The van der Waals surface area contributed by atoms with E-state index < -0.39 is 5.60 Å². The lowest BCUT2D eigenvalue weighted by Gasteiger charge is -2.23. The molecule has 0 aliphatic carbocycles. The van der Waals surface area contributed by atoms with Crippen molar-refractivity contribution >= 4 is 12.0 Å². The fourth-order valence-electron chi connectivity index (χ4n) is 2.69. The number of aromatic nitrogens is 1. The third kappa shape index (κ3) is 2.94. The molecule has 1 aromatic heterocycles. The van der Waals surface area contributed by atoms with Crippen LogP contribution >= 0.6 is 0 Å². The van der Waals surface area contributed by atoms with Crippen LogP contribution in [0, 0.1) is 5.82 Å². The predicted molar refractivity (Wildman–Crippen MR) is 81.3 cm³/mol. The summed E-state index contributed by atoms with van der Waals surface area (Å²) in [5, 5.41) is 10.7. The Morgan fingerprint density at radius 1 is 1.32 bits per heavy atom. The van der Waals surface area contributed by atoms with Gasteiger partial charge in [0.15, 0.2) is 0 Å². The zero-order valence-corrected chi connectivity index (χ0v) is 12.0. The number of carbonyl (C=O) groups is 1. The number of amides is 1. The van der Waals surface area contributed by atoms with Gasteiger partial charge in [0.05, 0.1) is 6.54 Å². The van der Waals surface area contributed by atoms with Gasteiger partial charge in [-0.15, -0.1) is 0 Å². The maximum Gasteiger partial charge on any atom is 0.246 e. The second-order valence-corrected chi connectivity index (χ2v) is 5.51. The summed E-state index contributed by atoms with van der Waals surface area (Å²) in [6, 6.07) is 9.50. The Bertz CT molecular complexity index is 679. The van der Waals surface area contributed by atoms with Crippen molar-refractivity contribution in [2.24, 2.45) is 0 Å². The van der Waals surface area contributed by atoms with E-state index in [-0.39, 0.29) is 18.3 Å². The van der Waals surface area contributed by atoms with Crippen LogP contribution in [0.15, 0.2) is 48.7 Å². The number of aliphatic hydroxyl groups is 1. The fraction of sp³-hybridized carbons (Fsp3) is 0.235. The van der Waals surface area contributed by atoms with Gasteiger partial charge in [-0.25, -0.2) is 4.39 Å². The van der Waals surface area contributed by atoms with Crippen LogP contribution in [0.1, 0.15) is 17.7 Å². The van der Waals surface area contributed by atoms with Crippen molar-refractivity contribution in [1.29, 1.82) is 0 Å². The number of likely N-dealkylation sites (tertiary alicyclic amines) is 1. The van der Waals surface area contributed by atoms with E-state index >= 15 is 0 Å². The van der Waals surface area contributed by atoms with Crippen LogP contribution in [-0.4, -0.2) is 34.0 Å². The van der Waals surface area contributed by atoms with Crippen molar-refractivity contribution in [3.63, 3.8) is 0 Å². The third-order valence-electron chi connectivity index (χ3n) is 3.97. The number of nitrogens with zero attached hydrogens (tertiary/aromatic N) is 1. The highest BCUT2D eigenvalue weighted by Crippen LogP contribution is 2.32. The summed E-state index contributed by atoms with van der Waals surface area (Å²) in [7, 11) is 0. The molecule has 1 aliphatic rings. The molecule has 114 valence electrons. The van der Waals surface area contributed by atoms with Gasteiger partial charge >= 0.3 is 0 Å². The van der Waals surface area contributed by atoms with Crippen molar-refractivity contribution in [2.75, 3.05) is 13.1 Å². The molecule has 2 N–H and O–H groups in total. The fourth-order valence-corrected chi connectivity index (χ4v) is 2.69. The van der Waals surface area contributed by atoms with Gasteiger partial charge in [0.2, 0.25) is 5.91 Å². The lowest BCUT2D eigenvalue weighted by atomic mass is 9.93. The van der Waals surface area contributed by atoms with Gasteiger partial charge in [-0.1, -0.05) is 12.1 Å². The minimum Gasteiger partial charge on any atom is -0.383 e. The highest BCUT2D eigenvalue weighted by molar-refractivity contribution is 5.91. The molecule has 1 unspecified atom stereocenters. The molecule has 0 radical (unpaired) electrons. The van der Waals surface area contributed by atoms with Crippen LogP contribution < -0.4 is 0 Å². The molecule has 3 rings (SSSR count). The maximum absolute atomic E-state index is 13.0.